The standard InChI is InChI=1S/C12H14FN3O3/c13-9-2-1-8(11(17)18)7-10(9)15-12(19)16-5-3-14-4-6-16/h1-2,7,14H,3-6H2,(H,15,19)(H,17,18). The monoisotopic (exact) mass is 267 g/mol. The molecule has 0 saturated carbocycles. The predicted octanol–water partition coefficient (Wildman–Crippen LogP) is 0.961. The lowest BCUT2D eigenvalue weighted by atomic mass is 10.2. The van der Waals surface area contributed by atoms with Crippen LogP contribution in [0, 0.1) is 5.82 Å². The number of amides is 2. The molecule has 1 aliphatic rings. The van der Waals surface area contributed by atoms with E-state index in [1.165, 1.54) is 0 Å². The number of nitrogens with zero attached hydrogens (tertiary/aromatic N) is 1. The van der Waals surface area contributed by atoms with Gasteiger partial charge in [0.2, 0.25) is 0 Å². The van der Waals surface area contributed by atoms with Crippen molar-refractivity contribution in [2.75, 3.05) is 31.5 Å². The first-order valence-electron chi connectivity index (χ1n) is 5.87. The minimum atomic E-state index is -1.17. The number of carboxylic acids is 1. The summed E-state index contributed by atoms with van der Waals surface area (Å²) in [6.45, 7) is 2.44. The van der Waals surface area contributed by atoms with Crippen molar-refractivity contribution in [2.24, 2.45) is 0 Å². The molecule has 1 aromatic rings. The Balaban J connectivity index is 2.11. The van der Waals surface area contributed by atoms with Crippen molar-refractivity contribution >= 4 is 17.7 Å². The molecular formula is C12H14FN3O3. The largest absolute Gasteiger partial charge is 0.478 e. The minimum Gasteiger partial charge on any atom is -0.478 e. The van der Waals surface area contributed by atoms with Gasteiger partial charge >= 0.3 is 12.0 Å². The molecule has 7 heteroatoms. The fraction of sp³-hybridized carbons (Fsp3) is 0.333. The van der Waals surface area contributed by atoms with Crippen LogP contribution in [0.25, 0.3) is 0 Å². The summed E-state index contributed by atoms with van der Waals surface area (Å²) >= 11 is 0. The van der Waals surface area contributed by atoms with Crippen LogP contribution in [0.4, 0.5) is 14.9 Å². The average Bonchev–Trinajstić information content (AvgIpc) is 2.42. The molecule has 6 nitrogen and oxygen atoms in total. The lowest BCUT2D eigenvalue weighted by molar-refractivity contribution is 0.0697. The van der Waals surface area contributed by atoms with Crippen molar-refractivity contribution in [3.05, 3.63) is 29.6 Å². The Morgan fingerprint density at radius 1 is 1.32 bits per heavy atom. The quantitative estimate of drug-likeness (QED) is 0.745. The fourth-order valence-electron chi connectivity index (χ4n) is 1.82. The second-order valence-corrected chi connectivity index (χ2v) is 4.17. The van der Waals surface area contributed by atoms with Crippen LogP contribution in [0.1, 0.15) is 10.4 Å². The third-order valence-corrected chi connectivity index (χ3v) is 2.86. The maximum absolute atomic E-state index is 13.5. The second kappa shape index (κ2) is 5.66. The maximum atomic E-state index is 13.5. The van der Waals surface area contributed by atoms with Crippen LogP contribution >= 0.6 is 0 Å². The summed E-state index contributed by atoms with van der Waals surface area (Å²) < 4.78 is 13.5. The van der Waals surface area contributed by atoms with E-state index in [4.69, 9.17) is 5.11 Å². The second-order valence-electron chi connectivity index (χ2n) is 4.17. The number of carbonyl (C=O) groups excluding carboxylic acids is 1. The Labute approximate surface area is 109 Å². The molecule has 0 bridgehead atoms. The van der Waals surface area contributed by atoms with Crippen LogP contribution in [0.5, 0.6) is 0 Å². The normalized spacial score (nSPS) is 15.1. The number of piperazine rings is 1. The van der Waals surface area contributed by atoms with E-state index in [2.05, 4.69) is 10.6 Å². The molecule has 0 spiro atoms. The Kier molecular flexibility index (Phi) is 3.96. The number of hydrogen-bond donors (Lipinski definition) is 3. The van der Waals surface area contributed by atoms with E-state index >= 15 is 0 Å². The number of anilines is 1. The molecule has 0 unspecified atom stereocenters. The molecule has 2 amide bonds. The summed E-state index contributed by atoms with van der Waals surface area (Å²) in [6, 6.07) is 2.86. The van der Waals surface area contributed by atoms with Crippen LogP contribution in [0.3, 0.4) is 0 Å². The summed E-state index contributed by atoms with van der Waals surface area (Å²) in [5.41, 5.74) is -0.194. The van der Waals surface area contributed by atoms with E-state index in [0.29, 0.717) is 26.2 Å². The molecule has 1 saturated heterocycles. The Morgan fingerprint density at radius 2 is 2.00 bits per heavy atom. The number of carboxylic acid groups (broad SMARTS) is 1. The predicted molar refractivity (Wildman–Crippen MR) is 66.8 cm³/mol. The van der Waals surface area contributed by atoms with Gasteiger partial charge in [-0.2, -0.15) is 0 Å². The molecule has 1 aliphatic heterocycles. The zero-order valence-corrected chi connectivity index (χ0v) is 10.1. The van der Waals surface area contributed by atoms with Crippen LogP contribution in [-0.4, -0.2) is 48.2 Å². The summed E-state index contributed by atoms with van der Waals surface area (Å²) in [6.07, 6.45) is 0. The fourth-order valence-corrected chi connectivity index (χ4v) is 1.82. The summed E-state index contributed by atoms with van der Waals surface area (Å²) in [7, 11) is 0. The van der Waals surface area contributed by atoms with Crippen molar-refractivity contribution in [1.29, 1.82) is 0 Å². The molecule has 1 aromatic carbocycles. The number of urea groups is 1. The van der Waals surface area contributed by atoms with Crippen molar-refractivity contribution in [2.45, 2.75) is 0 Å². The third kappa shape index (κ3) is 3.19. The number of carbonyl (C=O) groups is 2. The first kappa shape index (κ1) is 13.3. The molecule has 0 aromatic heterocycles. The topological polar surface area (TPSA) is 81.7 Å². The first-order valence-corrected chi connectivity index (χ1v) is 5.87. The smallest absolute Gasteiger partial charge is 0.335 e. The summed E-state index contributed by atoms with van der Waals surface area (Å²) in [4.78, 5) is 24.2. The highest BCUT2D eigenvalue weighted by Crippen LogP contribution is 2.17. The van der Waals surface area contributed by atoms with E-state index in [0.717, 1.165) is 18.2 Å². The molecule has 2 rings (SSSR count). The molecular weight excluding hydrogens is 253 g/mol. The lowest BCUT2D eigenvalue weighted by Gasteiger charge is -2.27. The average molecular weight is 267 g/mol. The van der Waals surface area contributed by atoms with E-state index in [9.17, 15) is 14.0 Å². The van der Waals surface area contributed by atoms with Crippen molar-refractivity contribution in [3.63, 3.8) is 0 Å². The van der Waals surface area contributed by atoms with Gasteiger partial charge in [0.05, 0.1) is 11.3 Å². The molecule has 19 heavy (non-hydrogen) atoms. The van der Waals surface area contributed by atoms with E-state index in [-0.39, 0.29) is 11.3 Å². The van der Waals surface area contributed by atoms with E-state index in [1.54, 1.807) is 4.90 Å². The van der Waals surface area contributed by atoms with Crippen molar-refractivity contribution < 1.29 is 19.1 Å². The number of nitrogens with one attached hydrogen (secondary N) is 2. The van der Waals surface area contributed by atoms with Gasteiger partial charge in [0.15, 0.2) is 0 Å². The van der Waals surface area contributed by atoms with E-state index in [1.807, 2.05) is 0 Å². The first-order chi connectivity index (χ1) is 9.08. The lowest BCUT2D eigenvalue weighted by Crippen LogP contribution is -2.48. The Hall–Kier alpha value is -2.15. The molecule has 0 aliphatic carbocycles. The van der Waals surface area contributed by atoms with E-state index < -0.39 is 17.8 Å². The molecule has 3 N–H and O–H groups in total. The highest BCUT2D eigenvalue weighted by Gasteiger charge is 2.18. The number of aromatic carboxylic acids is 1. The van der Waals surface area contributed by atoms with Crippen molar-refractivity contribution in [3.8, 4) is 0 Å². The third-order valence-electron chi connectivity index (χ3n) is 2.86. The van der Waals surface area contributed by atoms with Crippen LogP contribution in [0.2, 0.25) is 0 Å². The molecule has 102 valence electrons. The highest BCUT2D eigenvalue weighted by molar-refractivity contribution is 5.93. The molecule has 1 heterocycles. The zero-order chi connectivity index (χ0) is 13.8. The van der Waals surface area contributed by atoms with Crippen molar-refractivity contribution in [1.82, 2.24) is 10.2 Å². The van der Waals surface area contributed by atoms with Crippen LogP contribution < -0.4 is 10.6 Å². The zero-order valence-electron chi connectivity index (χ0n) is 10.1. The molecule has 1 fully saturated rings. The molecule has 0 atom stereocenters. The number of hydrogen-bond acceptors (Lipinski definition) is 3. The Bertz CT molecular complexity index is 501. The summed E-state index contributed by atoms with van der Waals surface area (Å²) in [5, 5.41) is 14.3. The summed E-state index contributed by atoms with van der Waals surface area (Å²) in [5.74, 6) is -1.83. The molecule has 0 radical (unpaired) electrons. The highest BCUT2D eigenvalue weighted by atomic mass is 19.1. The maximum Gasteiger partial charge on any atom is 0.335 e. The Morgan fingerprint density at radius 3 is 2.63 bits per heavy atom. The number of halogens is 1. The van der Waals surface area contributed by atoms with Gasteiger partial charge in [0.25, 0.3) is 0 Å². The van der Waals surface area contributed by atoms with Gasteiger partial charge < -0.3 is 20.6 Å². The van der Waals surface area contributed by atoms with Gasteiger partial charge in [0, 0.05) is 26.2 Å². The minimum absolute atomic E-state index is 0.0722. The number of rotatable bonds is 2. The van der Waals surface area contributed by atoms with Gasteiger partial charge in [-0.1, -0.05) is 0 Å². The SMILES string of the molecule is O=C(O)c1ccc(F)c(NC(=O)N2CCNCC2)c1. The van der Waals surface area contributed by atoms with Gasteiger partial charge in [-0.15, -0.1) is 0 Å². The van der Waals surface area contributed by atoms with Gasteiger partial charge in [-0.05, 0) is 18.2 Å². The van der Waals surface area contributed by atoms with Gasteiger partial charge in [0.1, 0.15) is 5.82 Å². The van der Waals surface area contributed by atoms with Crippen LogP contribution in [-0.2, 0) is 0 Å². The number of benzene rings is 1. The van der Waals surface area contributed by atoms with Gasteiger partial charge in [-0.25, -0.2) is 14.0 Å². The van der Waals surface area contributed by atoms with Gasteiger partial charge in [-0.3, -0.25) is 0 Å². The van der Waals surface area contributed by atoms with Crippen LogP contribution in [0.15, 0.2) is 18.2 Å².